The molecule has 386 valence electrons. The molecule has 0 bridgehead atoms. The summed E-state index contributed by atoms with van der Waals surface area (Å²) in [6.45, 7) is 6.39. The molecule has 13 aromatic carbocycles. The van der Waals surface area contributed by atoms with E-state index >= 15 is 0 Å². The zero-order chi connectivity index (χ0) is 52.3. The van der Waals surface area contributed by atoms with Gasteiger partial charge in [-0.05, 0) is 174 Å². The SMILES string of the molecule is Cc1ccc(-c2cccc(-c3cc4ccccc4c4ccccc34)c2)cc1.Cc1ccc(-c2cccc(-c3cccc(-c4ccccc4)c3)c2)cc1.Cc1cccc(-c2cc(-c3ccccc3)cc(-c3ccccc3)c2)c1.[W].[W].[W]. The molecule has 0 amide bonds. The van der Waals surface area contributed by atoms with Gasteiger partial charge in [0.2, 0.25) is 0 Å². The van der Waals surface area contributed by atoms with E-state index in [0.29, 0.717) is 0 Å². The van der Waals surface area contributed by atoms with Crippen LogP contribution in [0.4, 0.5) is 0 Å². The molecule has 0 aliphatic rings. The van der Waals surface area contributed by atoms with E-state index in [-0.39, 0.29) is 63.2 Å². The molecule has 0 unspecified atom stereocenters. The second kappa shape index (κ2) is 28.0. The Hall–Kier alpha value is -7.56. The normalized spacial score (nSPS) is 10.4. The van der Waals surface area contributed by atoms with Gasteiger partial charge in [-0.25, -0.2) is 0 Å². The summed E-state index contributed by atoms with van der Waals surface area (Å²) < 4.78 is 0. The zero-order valence-electron chi connectivity index (χ0n) is 45.2. The van der Waals surface area contributed by atoms with Gasteiger partial charge < -0.3 is 0 Å². The fraction of sp³-hybridized carbons (Fsp3) is 0.0390. The minimum Gasteiger partial charge on any atom is -0.0622 e. The first kappa shape index (κ1) is 58.6. The van der Waals surface area contributed by atoms with E-state index in [0.717, 1.165) is 0 Å². The average molecular weight is 1540 g/mol. The molecular formula is C77H60W3. The summed E-state index contributed by atoms with van der Waals surface area (Å²) in [5, 5.41) is 5.21. The van der Waals surface area contributed by atoms with Crippen LogP contribution in [-0.4, -0.2) is 0 Å². The summed E-state index contributed by atoms with van der Waals surface area (Å²) >= 11 is 0. The Labute approximate surface area is 516 Å². The summed E-state index contributed by atoms with van der Waals surface area (Å²) in [4.78, 5) is 0. The number of fused-ring (bicyclic) bond motifs is 3. The summed E-state index contributed by atoms with van der Waals surface area (Å²) in [5.74, 6) is 0. The molecule has 0 saturated carbocycles. The monoisotopic (exact) mass is 1540 g/mol. The third kappa shape index (κ3) is 14.2. The van der Waals surface area contributed by atoms with Crippen LogP contribution in [0.25, 0.3) is 111 Å². The number of hydrogen-bond acceptors (Lipinski definition) is 0. The van der Waals surface area contributed by atoms with Crippen LogP contribution < -0.4 is 0 Å². The predicted molar refractivity (Wildman–Crippen MR) is 332 cm³/mol. The maximum Gasteiger partial charge on any atom is 0 e. The number of aryl methyl sites for hydroxylation is 3. The van der Waals surface area contributed by atoms with Crippen LogP contribution in [0.3, 0.4) is 0 Å². The molecule has 0 aliphatic carbocycles. The molecule has 0 spiro atoms. The number of hydrogen-bond donors (Lipinski definition) is 0. The van der Waals surface area contributed by atoms with E-state index in [1.54, 1.807) is 0 Å². The number of benzene rings is 13. The fourth-order valence-corrected chi connectivity index (χ4v) is 10.3. The molecule has 0 aliphatic heterocycles. The quantitative estimate of drug-likeness (QED) is 0.133. The van der Waals surface area contributed by atoms with Gasteiger partial charge in [-0.15, -0.1) is 0 Å². The van der Waals surface area contributed by atoms with E-state index in [1.807, 2.05) is 0 Å². The maximum atomic E-state index is 2.33. The largest absolute Gasteiger partial charge is 0.0622 e. The molecule has 0 nitrogen and oxygen atoms in total. The Morgan fingerprint density at radius 2 is 0.450 bits per heavy atom. The van der Waals surface area contributed by atoms with Gasteiger partial charge in [0.25, 0.3) is 0 Å². The molecule has 80 heavy (non-hydrogen) atoms. The maximum absolute atomic E-state index is 2.33. The predicted octanol–water partition coefficient (Wildman–Crippen LogP) is 21.6. The van der Waals surface area contributed by atoms with Crippen LogP contribution in [0.1, 0.15) is 16.7 Å². The Balaban J connectivity index is 0.000000155. The van der Waals surface area contributed by atoms with E-state index in [2.05, 4.69) is 330 Å². The molecule has 13 rings (SSSR count). The molecule has 0 saturated heterocycles. The topological polar surface area (TPSA) is 0 Å². The standard InChI is InChI=1S/C27H20.2C25H20.3W/c1-19-13-15-20(16-14-19)21-8-6-9-22(17-21)27-18-23-7-2-3-10-24(23)25-11-4-5-12-26(25)27;1-19-9-8-14-22(15-19)25-17-23(20-10-4-2-5-11-20)16-24(18-25)21-12-6-3-7-13-21;1-19-13-15-21(16-14-19)23-10-6-12-25(18-23)24-11-5-9-22(17-24)20-7-3-2-4-8-20;;;/h2-18H,1H3;2*2-18H,1H3;;;. The second-order valence-electron chi connectivity index (χ2n) is 19.9. The summed E-state index contributed by atoms with van der Waals surface area (Å²) in [6.07, 6.45) is 0. The first-order valence-corrected chi connectivity index (χ1v) is 26.6. The summed E-state index contributed by atoms with van der Waals surface area (Å²) in [6, 6.07) is 111. The van der Waals surface area contributed by atoms with Crippen molar-refractivity contribution < 1.29 is 63.2 Å². The van der Waals surface area contributed by atoms with Crippen LogP contribution in [0.15, 0.2) is 309 Å². The van der Waals surface area contributed by atoms with Crippen LogP contribution in [0.5, 0.6) is 0 Å². The molecule has 3 heteroatoms. The van der Waals surface area contributed by atoms with Crippen LogP contribution in [0, 0.1) is 20.8 Å². The molecule has 0 fully saturated rings. The minimum absolute atomic E-state index is 0. The Morgan fingerprint density at radius 1 is 0.163 bits per heavy atom. The van der Waals surface area contributed by atoms with Crippen molar-refractivity contribution in [1.29, 1.82) is 0 Å². The summed E-state index contributed by atoms with van der Waals surface area (Å²) in [7, 11) is 0. The van der Waals surface area contributed by atoms with Gasteiger partial charge in [0, 0.05) is 63.2 Å². The van der Waals surface area contributed by atoms with E-state index < -0.39 is 0 Å². The van der Waals surface area contributed by atoms with Gasteiger partial charge >= 0.3 is 0 Å². The zero-order valence-corrected chi connectivity index (χ0v) is 54.0. The van der Waals surface area contributed by atoms with Crippen molar-refractivity contribution in [2.24, 2.45) is 0 Å². The smallest absolute Gasteiger partial charge is 0 e. The second-order valence-corrected chi connectivity index (χ2v) is 19.9. The van der Waals surface area contributed by atoms with Gasteiger partial charge in [-0.1, -0.05) is 284 Å². The molecular weight excluding hydrogens is 1480 g/mol. The van der Waals surface area contributed by atoms with Crippen molar-refractivity contribution in [3.8, 4) is 89.0 Å². The van der Waals surface area contributed by atoms with Gasteiger partial charge in [0.05, 0.1) is 0 Å². The van der Waals surface area contributed by atoms with E-state index in [1.165, 1.54) is 127 Å². The molecule has 13 aromatic rings. The first-order chi connectivity index (χ1) is 37.9. The molecule has 0 N–H and O–H groups in total. The van der Waals surface area contributed by atoms with Crippen molar-refractivity contribution in [2.75, 3.05) is 0 Å². The molecule has 0 atom stereocenters. The van der Waals surface area contributed by atoms with Crippen LogP contribution >= 0.6 is 0 Å². The molecule has 0 radical (unpaired) electrons. The van der Waals surface area contributed by atoms with Gasteiger partial charge in [-0.2, -0.15) is 0 Å². The summed E-state index contributed by atoms with van der Waals surface area (Å²) in [5.41, 5.74) is 23.9. The van der Waals surface area contributed by atoms with Crippen molar-refractivity contribution in [1.82, 2.24) is 0 Å². The van der Waals surface area contributed by atoms with Crippen LogP contribution in [0.2, 0.25) is 0 Å². The average Bonchev–Trinajstić information content (AvgIpc) is 3.51. The third-order valence-corrected chi connectivity index (χ3v) is 14.4. The Kier molecular flexibility index (Phi) is 20.5. The minimum atomic E-state index is 0. The van der Waals surface area contributed by atoms with E-state index in [4.69, 9.17) is 0 Å². The van der Waals surface area contributed by atoms with Crippen molar-refractivity contribution in [2.45, 2.75) is 20.8 Å². The van der Waals surface area contributed by atoms with Crippen molar-refractivity contribution in [3.63, 3.8) is 0 Å². The third-order valence-electron chi connectivity index (χ3n) is 14.4. The fourth-order valence-electron chi connectivity index (χ4n) is 10.3. The molecule has 0 heterocycles. The van der Waals surface area contributed by atoms with Gasteiger partial charge in [-0.3, -0.25) is 0 Å². The van der Waals surface area contributed by atoms with E-state index in [9.17, 15) is 0 Å². The molecule has 0 aromatic heterocycles. The Bertz CT molecular complexity index is 4040. The Morgan fingerprint density at radius 3 is 0.900 bits per heavy atom. The van der Waals surface area contributed by atoms with Gasteiger partial charge in [0.1, 0.15) is 0 Å². The van der Waals surface area contributed by atoms with Gasteiger partial charge in [0.15, 0.2) is 0 Å². The van der Waals surface area contributed by atoms with Crippen molar-refractivity contribution >= 4 is 21.5 Å². The first-order valence-electron chi connectivity index (χ1n) is 26.6. The van der Waals surface area contributed by atoms with Crippen LogP contribution in [-0.2, 0) is 63.2 Å². The number of rotatable bonds is 8. The van der Waals surface area contributed by atoms with Crippen molar-refractivity contribution in [3.05, 3.63) is 326 Å².